The molecule has 0 fully saturated rings. The van der Waals surface area contributed by atoms with E-state index in [-0.39, 0.29) is 17.4 Å². The van der Waals surface area contributed by atoms with Crippen LogP contribution in [0.15, 0.2) is 11.3 Å². The van der Waals surface area contributed by atoms with E-state index in [2.05, 4.69) is 0 Å². The number of allylic oxidation sites excluding steroid dienone is 1. The Balaban J connectivity index is 5.30. The number of carbonyl (C=O) groups is 2. The monoisotopic (exact) mass is 228 g/mol. The molecule has 0 saturated heterocycles. The van der Waals surface area contributed by atoms with Gasteiger partial charge in [-0.15, -0.1) is 0 Å². The third-order valence-corrected chi connectivity index (χ3v) is 1.95. The largest absolute Gasteiger partial charge is 0.497 e. The molecule has 0 atom stereocenters. The number of nitrogens with zero attached hydrogens (tertiary/aromatic N) is 2. The van der Waals surface area contributed by atoms with Crippen molar-refractivity contribution in [2.75, 3.05) is 34.8 Å². The fourth-order valence-electron chi connectivity index (χ4n) is 1.13. The van der Waals surface area contributed by atoms with E-state index in [1.165, 1.54) is 9.80 Å². The molecular formula is C11H20N2O3. The summed E-state index contributed by atoms with van der Waals surface area (Å²) in [6, 6.07) is 0. The van der Waals surface area contributed by atoms with Crippen LogP contribution in [0.3, 0.4) is 0 Å². The van der Waals surface area contributed by atoms with Crippen LogP contribution < -0.4 is 0 Å². The lowest BCUT2D eigenvalue weighted by Gasteiger charge is -2.18. The van der Waals surface area contributed by atoms with Crippen molar-refractivity contribution < 1.29 is 14.3 Å². The van der Waals surface area contributed by atoms with Gasteiger partial charge < -0.3 is 14.5 Å². The van der Waals surface area contributed by atoms with Crippen LogP contribution in [0.5, 0.6) is 0 Å². The molecule has 0 unspecified atom stereocenters. The van der Waals surface area contributed by atoms with Crippen LogP contribution in [0.4, 0.5) is 0 Å². The summed E-state index contributed by atoms with van der Waals surface area (Å²) in [6.45, 7) is 3.86. The zero-order chi connectivity index (χ0) is 12.9. The lowest BCUT2D eigenvalue weighted by atomic mass is 10.2. The molecule has 0 heterocycles. The van der Waals surface area contributed by atoms with Gasteiger partial charge in [0.1, 0.15) is 11.3 Å². The highest BCUT2D eigenvalue weighted by Crippen LogP contribution is 2.11. The molecule has 0 aromatic heterocycles. The highest BCUT2D eigenvalue weighted by atomic mass is 16.5. The highest BCUT2D eigenvalue weighted by Gasteiger charge is 2.25. The van der Waals surface area contributed by atoms with Crippen LogP contribution in [0, 0.1) is 0 Å². The van der Waals surface area contributed by atoms with Crippen molar-refractivity contribution in [2.24, 2.45) is 0 Å². The molecule has 0 rings (SSSR count). The lowest BCUT2D eigenvalue weighted by Crippen LogP contribution is -2.34. The van der Waals surface area contributed by atoms with Gasteiger partial charge in [0.25, 0.3) is 11.8 Å². The first-order chi connectivity index (χ1) is 7.32. The molecule has 0 N–H and O–H groups in total. The number of ether oxygens (including phenoxy) is 1. The average Bonchev–Trinajstić information content (AvgIpc) is 2.17. The smallest absolute Gasteiger partial charge is 0.262 e. The van der Waals surface area contributed by atoms with E-state index in [4.69, 9.17) is 4.74 Å². The maximum atomic E-state index is 11.8. The lowest BCUT2D eigenvalue weighted by molar-refractivity contribution is -0.132. The Morgan fingerprint density at radius 2 is 1.38 bits per heavy atom. The van der Waals surface area contributed by atoms with E-state index in [1.807, 2.05) is 0 Å². The molecule has 0 aliphatic heterocycles. The van der Waals surface area contributed by atoms with Gasteiger partial charge in [-0.05, 0) is 13.8 Å². The molecule has 0 spiro atoms. The molecule has 5 nitrogen and oxygen atoms in total. The molecular weight excluding hydrogens is 208 g/mol. The molecule has 0 aliphatic carbocycles. The summed E-state index contributed by atoms with van der Waals surface area (Å²) >= 11 is 0. The maximum Gasteiger partial charge on any atom is 0.262 e. The molecule has 16 heavy (non-hydrogen) atoms. The third kappa shape index (κ3) is 3.56. The van der Waals surface area contributed by atoms with E-state index >= 15 is 0 Å². The maximum absolute atomic E-state index is 11.8. The van der Waals surface area contributed by atoms with Gasteiger partial charge in [0, 0.05) is 28.2 Å². The van der Waals surface area contributed by atoms with E-state index in [0.29, 0.717) is 12.4 Å². The predicted octanol–water partition coefficient (Wildman–Crippen LogP) is 0.473. The van der Waals surface area contributed by atoms with E-state index in [1.54, 1.807) is 42.0 Å². The molecule has 0 radical (unpaired) electrons. The Bertz CT molecular complexity index is 284. The predicted molar refractivity (Wildman–Crippen MR) is 61.7 cm³/mol. The summed E-state index contributed by atoms with van der Waals surface area (Å²) in [5.74, 6) is -0.325. The average molecular weight is 228 g/mol. The molecule has 0 aromatic carbocycles. The molecule has 0 saturated carbocycles. The number of hydrogen-bond acceptors (Lipinski definition) is 3. The number of hydrogen-bond donors (Lipinski definition) is 0. The Hall–Kier alpha value is -1.52. The van der Waals surface area contributed by atoms with Crippen LogP contribution in [0.1, 0.15) is 13.8 Å². The zero-order valence-electron chi connectivity index (χ0n) is 10.8. The minimum atomic E-state index is -0.343. The van der Waals surface area contributed by atoms with Crippen molar-refractivity contribution in [1.29, 1.82) is 0 Å². The summed E-state index contributed by atoms with van der Waals surface area (Å²) in [4.78, 5) is 26.4. The fraction of sp³-hybridized carbons (Fsp3) is 0.636. The number of likely N-dealkylation sites (N-methyl/N-ethyl adjacent to an activating group) is 2. The molecule has 0 aliphatic rings. The van der Waals surface area contributed by atoms with Crippen molar-refractivity contribution in [3.8, 4) is 0 Å². The minimum Gasteiger partial charge on any atom is -0.497 e. The molecule has 5 heteroatoms. The van der Waals surface area contributed by atoms with Gasteiger partial charge in [0.2, 0.25) is 0 Å². The van der Waals surface area contributed by atoms with Crippen LogP contribution in [-0.4, -0.2) is 56.4 Å². The number of carbonyl (C=O) groups excluding carboxylic acids is 2. The second-order valence-corrected chi connectivity index (χ2v) is 3.76. The van der Waals surface area contributed by atoms with Gasteiger partial charge in [-0.2, -0.15) is 0 Å². The van der Waals surface area contributed by atoms with Gasteiger partial charge >= 0.3 is 0 Å². The first-order valence-electron chi connectivity index (χ1n) is 5.09. The number of rotatable bonds is 4. The van der Waals surface area contributed by atoms with E-state index in [0.717, 1.165) is 0 Å². The molecule has 0 aromatic rings. The first-order valence-corrected chi connectivity index (χ1v) is 5.09. The van der Waals surface area contributed by atoms with Crippen LogP contribution in [-0.2, 0) is 14.3 Å². The summed E-state index contributed by atoms with van der Waals surface area (Å²) in [5.41, 5.74) is 0.0804. The second kappa shape index (κ2) is 6.15. The number of amides is 2. The summed E-state index contributed by atoms with van der Waals surface area (Å²) in [6.07, 6.45) is 0. The van der Waals surface area contributed by atoms with Crippen LogP contribution >= 0.6 is 0 Å². The van der Waals surface area contributed by atoms with E-state index in [9.17, 15) is 9.59 Å². The minimum absolute atomic E-state index is 0.0804. The summed E-state index contributed by atoms with van der Waals surface area (Å²) in [7, 11) is 6.41. The standard InChI is InChI=1S/C11H20N2O3/c1-7-16-8(2)9(10(14)12(3)4)11(15)13(5)6/h7H2,1-6H3. The van der Waals surface area contributed by atoms with Crippen molar-refractivity contribution >= 4 is 11.8 Å². The van der Waals surface area contributed by atoms with Gasteiger partial charge in [0.05, 0.1) is 6.61 Å². The van der Waals surface area contributed by atoms with E-state index < -0.39 is 0 Å². The van der Waals surface area contributed by atoms with Crippen LogP contribution in [0.2, 0.25) is 0 Å². The summed E-state index contributed by atoms with van der Waals surface area (Å²) < 4.78 is 5.23. The normalized spacial score (nSPS) is 9.38. The Labute approximate surface area is 96.7 Å². The van der Waals surface area contributed by atoms with Gasteiger partial charge in [0.15, 0.2) is 0 Å². The SMILES string of the molecule is CCOC(C)=C(C(=O)N(C)C)C(=O)N(C)C. The second-order valence-electron chi connectivity index (χ2n) is 3.76. The zero-order valence-corrected chi connectivity index (χ0v) is 10.8. The molecule has 0 bridgehead atoms. The Kier molecular flexibility index (Phi) is 5.56. The molecule has 2 amide bonds. The van der Waals surface area contributed by atoms with Crippen molar-refractivity contribution in [2.45, 2.75) is 13.8 Å². The Morgan fingerprint density at radius 3 is 1.62 bits per heavy atom. The third-order valence-electron chi connectivity index (χ3n) is 1.95. The van der Waals surface area contributed by atoms with Crippen LogP contribution in [0.25, 0.3) is 0 Å². The Morgan fingerprint density at radius 1 is 1.00 bits per heavy atom. The first kappa shape index (κ1) is 14.5. The topological polar surface area (TPSA) is 49.9 Å². The summed E-state index contributed by atoms with van der Waals surface area (Å²) in [5, 5.41) is 0. The van der Waals surface area contributed by atoms with Gasteiger partial charge in [-0.3, -0.25) is 9.59 Å². The van der Waals surface area contributed by atoms with Gasteiger partial charge in [-0.1, -0.05) is 0 Å². The molecule has 92 valence electrons. The quantitative estimate of drug-likeness (QED) is 0.304. The highest BCUT2D eigenvalue weighted by molar-refractivity contribution is 6.18. The van der Waals surface area contributed by atoms with Crippen molar-refractivity contribution in [3.05, 3.63) is 11.3 Å². The van der Waals surface area contributed by atoms with Crippen molar-refractivity contribution in [3.63, 3.8) is 0 Å². The van der Waals surface area contributed by atoms with Crippen molar-refractivity contribution in [1.82, 2.24) is 9.80 Å². The van der Waals surface area contributed by atoms with Gasteiger partial charge in [-0.25, -0.2) is 0 Å². The fourth-order valence-corrected chi connectivity index (χ4v) is 1.13.